The zero-order valence-corrected chi connectivity index (χ0v) is 15.0. The number of nitrogens with one attached hydrogen (secondary N) is 1. The molecular formula is C15H17F3N4O3S. The topological polar surface area (TPSA) is 84.4 Å². The normalized spacial score (nSPS) is 12.3. The largest absolute Gasteiger partial charge is 0.492 e. The fourth-order valence-corrected chi connectivity index (χ4v) is 3.01. The van der Waals surface area contributed by atoms with Crippen LogP contribution in [-0.2, 0) is 16.2 Å². The van der Waals surface area contributed by atoms with Gasteiger partial charge in [0.1, 0.15) is 10.6 Å². The maximum absolute atomic E-state index is 12.5. The van der Waals surface area contributed by atoms with Gasteiger partial charge in [-0.05, 0) is 37.3 Å². The van der Waals surface area contributed by atoms with Crippen molar-refractivity contribution >= 4 is 21.5 Å². The molecule has 0 fully saturated rings. The first-order chi connectivity index (χ1) is 12.1. The Labute approximate surface area is 148 Å². The summed E-state index contributed by atoms with van der Waals surface area (Å²) in [7, 11) is -1.02. The summed E-state index contributed by atoms with van der Waals surface area (Å²) in [5.41, 5.74) is -0.812. The molecule has 0 aliphatic carbocycles. The Hall–Kier alpha value is -2.40. The minimum absolute atomic E-state index is 0.0374. The molecule has 1 aromatic carbocycles. The van der Waals surface area contributed by atoms with Gasteiger partial charge in [-0.2, -0.15) is 13.2 Å². The number of sulfonamides is 1. The lowest BCUT2D eigenvalue weighted by molar-refractivity contribution is -0.141. The molecule has 1 aromatic heterocycles. The SMILES string of the molecule is CCOc1ccc(Nc2ccc(C(F)(F)F)nn2)cc1S(=O)(=O)N(C)C. The van der Waals surface area contributed by atoms with E-state index in [9.17, 15) is 21.6 Å². The third kappa shape index (κ3) is 4.41. The molecule has 0 bridgehead atoms. The minimum atomic E-state index is -4.59. The smallest absolute Gasteiger partial charge is 0.435 e. The van der Waals surface area contributed by atoms with E-state index in [-0.39, 0.29) is 23.1 Å². The van der Waals surface area contributed by atoms with Crippen LogP contribution in [0.1, 0.15) is 12.6 Å². The van der Waals surface area contributed by atoms with Crippen molar-refractivity contribution in [1.29, 1.82) is 0 Å². The maximum atomic E-state index is 12.5. The van der Waals surface area contributed by atoms with Gasteiger partial charge in [0.15, 0.2) is 11.5 Å². The number of hydrogen-bond acceptors (Lipinski definition) is 6. The van der Waals surface area contributed by atoms with Gasteiger partial charge >= 0.3 is 6.18 Å². The van der Waals surface area contributed by atoms with Crippen LogP contribution in [-0.4, -0.2) is 43.6 Å². The van der Waals surface area contributed by atoms with Gasteiger partial charge in [-0.25, -0.2) is 12.7 Å². The zero-order valence-electron chi connectivity index (χ0n) is 14.2. The van der Waals surface area contributed by atoms with E-state index in [4.69, 9.17) is 4.74 Å². The molecule has 7 nitrogen and oxygen atoms in total. The molecule has 1 heterocycles. The molecule has 142 valence electrons. The van der Waals surface area contributed by atoms with Gasteiger partial charge in [-0.3, -0.25) is 0 Å². The van der Waals surface area contributed by atoms with Crippen LogP contribution >= 0.6 is 0 Å². The van der Waals surface area contributed by atoms with E-state index in [0.29, 0.717) is 5.69 Å². The molecule has 0 saturated heterocycles. The number of rotatable bonds is 6. The predicted molar refractivity (Wildman–Crippen MR) is 88.8 cm³/mol. The Bertz CT molecular complexity index is 869. The van der Waals surface area contributed by atoms with Gasteiger partial charge in [-0.15, -0.1) is 10.2 Å². The molecule has 0 radical (unpaired) electrons. The maximum Gasteiger partial charge on any atom is 0.435 e. The molecular weight excluding hydrogens is 373 g/mol. The van der Waals surface area contributed by atoms with E-state index in [1.54, 1.807) is 6.92 Å². The molecule has 0 aliphatic heterocycles. The van der Waals surface area contributed by atoms with Crippen LogP contribution in [0.15, 0.2) is 35.2 Å². The molecule has 26 heavy (non-hydrogen) atoms. The number of benzene rings is 1. The van der Waals surface area contributed by atoms with Crippen LogP contribution in [0.4, 0.5) is 24.7 Å². The van der Waals surface area contributed by atoms with Crippen molar-refractivity contribution in [3.63, 3.8) is 0 Å². The number of nitrogens with zero attached hydrogens (tertiary/aromatic N) is 3. The lowest BCUT2D eigenvalue weighted by Gasteiger charge is -2.16. The molecule has 0 saturated carbocycles. The van der Waals surface area contributed by atoms with Crippen LogP contribution in [0.5, 0.6) is 5.75 Å². The first-order valence-corrected chi connectivity index (χ1v) is 8.87. The van der Waals surface area contributed by atoms with Gasteiger partial charge in [0.2, 0.25) is 10.0 Å². The van der Waals surface area contributed by atoms with Gasteiger partial charge in [0.05, 0.1) is 6.61 Å². The molecule has 2 rings (SSSR count). The summed E-state index contributed by atoms with van der Waals surface area (Å²) in [6.45, 7) is 1.99. The summed E-state index contributed by atoms with van der Waals surface area (Å²) in [5.74, 6) is 0.209. The van der Waals surface area contributed by atoms with Crippen LogP contribution in [0.2, 0.25) is 0 Å². The molecule has 2 aromatic rings. The van der Waals surface area contributed by atoms with Crippen molar-refractivity contribution in [3.8, 4) is 5.75 Å². The third-order valence-corrected chi connectivity index (χ3v) is 5.07. The number of aromatic nitrogens is 2. The Balaban J connectivity index is 2.36. The first kappa shape index (κ1) is 19.9. The summed E-state index contributed by atoms with van der Waals surface area (Å²) in [6, 6.07) is 6.19. The van der Waals surface area contributed by atoms with Gasteiger partial charge in [0, 0.05) is 19.8 Å². The highest BCUT2D eigenvalue weighted by molar-refractivity contribution is 7.89. The highest BCUT2D eigenvalue weighted by Crippen LogP contribution is 2.31. The Morgan fingerprint density at radius 3 is 2.35 bits per heavy atom. The Morgan fingerprint density at radius 1 is 1.15 bits per heavy atom. The highest BCUT2D eigenvalue weighted by Gasteiger charge is 2.32. The van der Waals surface area contributed by atoms with E-state index in [0.717, 1.165) is 16.4 Å². The number of anilines is 2. The molecule has 0 aliphatic rings. The Kier molecular flexibility index (Phi) is 5.71. The molecule has 0 spiro atoms. The Morgan fingerprint density at radius 2 is 1.85 bits per heavy atom. The van der Waals surface area contributed by atoms with E-state index in [2.05, 4.69) is 15.5 Å². The highest BCUT2D eigenvalue weighted by atomic mass is 32.2. The molecule has 0 amide bonds. The summed E-state index contributed by atoms with van der Waals surface area (Å²) in [4.78, 5) is -0.0748. The zero-order chi connectivity index (χ0) is 19.5. The van der Waals surface area contributed by atoms with Crippen LogP contribution in [0.3, 0.4) is 0 Å². The average molecular weight is 390 g/mol. The minimum Gasteiger partial charge on any atom is -0.492 e. The van der Waals surface area contributed by atoms with Crippen LogP contribution in [0.25, 0.3) is 0 Å². The van der Waals surface area contributed by atoms with Crippen LogP contribution < -0.4 is 10.1 Å². The summed E-state index contributed by atoms with van der Waals surface area (Å²) >= 11 is 0. The lowest BCUT2D eigenvalue weighted by atomic mass is 10.3. The summed E-state index contributed by atoms with van der Waals surface area (Å²) in [5, 5.41) is 9.28. The fraction of sp³-hybridized carbons (Fsp3) is 0.333. The van der Waals surface area contributed by atoms with Crippen molar-refractivity contribution in [2.75, 3.05) is 26.0 Å². The summed E-state index contributed by atoms with van der Waals surface area (Å²) in [6.07, 6.45) is -4.59. The van der Waals surface area contributed by atoms with Crippen molar-refractivity contribution < 1.29 is 26.3 Å². The average Bonchev–Trinajstić information content (AvgIpc) is 2.56. The van der Waals surface area contributed by atoms with Crippen molar-refractivity contribution in [2.45, 2.75) is 18.0 Å². The first-order valence-electron chi connectivity index (χ1n) is 7.43. The summed E-state index contributed by atoms with van der Waals surface area (Å²) < 4.78 is 68.8. The second-order valence-corrected chi connectivity index (χ2v) is 7.43. The molecule has 0 atom stereocenters. The van der Waals surface area contributed by atoms with Gasteiger partial charge in [0.25, 0.3) is 0 Å². The second-order valence-electron chi connectivity index (χ2n) is 5.31. The standard InChI is InChI=1S/C15H17F3N4O3S/c1-4-25-11-6-5-10(9-12(11)26(23,24)22(2)3)19-14-8-7-13(20-21-14)15(16,17)18/h5-9H,4H2,1-3H3,(H,19,21). The van der Waals surface area contributed by atoms with E-state index in [1.807, 2.05) is 0 Å². The third-order valence-electron chi connectivity index (χ3n) is 3.23. The fourth-order valence-electron chi connectivity index (χ4n) is 1.96. The number of hydrogen-bond donors (Lipinski definition) is 1. The van der Waals surface area contributed by atoms with E-state index < -0.39 is 21.9 Å². The molecule has 11 heteroatoms. The lowest BCUT2D eigenvalue weighted by Crippen LogP contribution is -2.23. The quantitative estimate of drug-likeness (QED) is 0.817. The number of halogens is 3. The van der Waals surface area contributed by atoms with Crippen molar-refractivity contribution in [1.82, 2.24) is 14.5 Å². The predicted octanol–water partition coefficient (Wildman–Crippen LogP) is 2.89. The van der Waals surface area contributed by atoms with Crippen molar-refractivity contribution in [3.05, 3.63) is 36.0 Å². The van der Waals surface area contributed by atoms with E-state index in [1.165, 1.54) is 32.3 Å². The molecule has 1 N–H and O–H groups in total. The van der Waals surface area contributed by atoms with E-state index >= 15 is 0 Å². The van der Waals surface area contributed by atoms with Gasteiger partial charge < -0.3 is 10.1 Å². The monoisotopic (exact) mass is 390 g/mol. The molecule has 0 unspecified atom stereocenters. The number of alkyl halides is 3. The second kappa shape index (κ2) is 7.46. The van der Waals surface area contributed by atoms with Crippen molar-refractivity contribution in [2.24, 2.45) is 0 Å². The van der Waals surface area contributed by atoms with Crippen LogP contribution in [0, 0.1) is 0 Å². The van der Waals surface area contributed by atoms with Gasteiger partial charge in [-0.1, -0.05) is 0 Å². The number of ether oxygens (including phenoxy) is 1.